The minimum atomic E-state index is -0.654. The summed E-state index contributed by atoms with van der Waals surface area (Å²) in [7, 11) is 0. The predicted octanol–water partition coefficient (Wildman–Crippen LogP) is 3.25. The molecular weight excluding hydrogens is 350 g/mol. The Hall–Kier alpha value is -3.09. The topological polar surface area (TPSA) is 94.7 Å². The number of carbonyl (C=O) groups excluding carboxylic acids is 3. The molecule has 2 rings (SSSR count). The SMILES string of the molecule is CCOC(=O)c1c(C)[nH]c(C(=O)COC(=O)c2ccccc2OCC)c1C. The third-order valence-corrected chi connectivity index (χ3v) is 3.94. The van der Waals surface area contributed by atoms with Crippen molar-refractivity contribution in [3.63, 3.8) is 0 Å². The maximum absolute atomic E-state index is 12.5. The lowest BCUT2D eigenvalue weighted by atomic mass is 10.1. The number of rotatable bonds is 8. The molecule has 1 N–H and O–H groups in total. The van der Waals surface area contributed by atoms with Crippen molar-refractivity contribution in [1.29, 1.82) is 0 Å². The lowest BCUT2D eigenvalue weighted by Crippen LogP contribution is -2.16. The highest BCUT2D eigenvalue weighted by Crippen LogP contribution is 2.21. The van der Waals surface area contributed by atoms with Crippen molar-refractivity contribution in [3.8, 4) is 5.75 Å². The number of Topliss-reactive ketones (excluding diaryl/α,β-unsaturated/α-hetero) is 1. The first-order valence-corrected chi connectivity index (χ1v) is 8.69. The number of para-hydroxylation sites is 1. The van der Waals surface area contributed by atoms with Gasteiger partial charge in [0, 0.05) is 5.69 Å². The third kappa shape index (κ3) is 4.55. The van der Waals surface area contributed by atoms with Gasteiger partial charge in [-0.2, -0.15) is 0 Å². The number of esters is 2. The van der Waals surface area contributed by atoms with Crippen LogP contribution in [-0.2, 0) is 9.47 Å². The van der Waals surface area contributed by atoms with Gasteiger partial charge in [0.05, 0.1) is 24.5 Å². The zero-order valence-corrected chi connectivity index (χ0v) is 15.9. The van der Waals surface area contributed by atoms with Crippen LogP contribution in [0.25, 0.3) is 0 Å². The maximum atomic E-state index is 12.5. The summed E-state index contributed by atoms with van der Waals surface area (Å²) in [4.78, 5) is 39.7. The van der Waals surface area contributed by atoms with E-state index in [1.165, 1.54) is 0 Å². The van der Waals surface area contributed by atoms with E-state index in [0.29, 0.717) is 29.2 Å². The van der Waals surface area contributed by atoms with Crippen LogP contribution >= 0.6 is 0 Å². The summed E-state index contributed by atoms with van der Waals surface area (Å²) in [6.45, 7) is 7.03. The smallest absolute Gasteiger partial charge is 0.342 e. The monoisotopic (exact) mass is 373 g/mol. The molecule has 0 atom stereocenters. The molecule has 1 aromatic carbocycles. The molecule has 0 aliphatic carbocycles. The number of hydrogen-bond donors (Lipinski definition) is 1. The van der Waals surface area contributed by atoms with Gasteiger partial charge in [-0.15, -0.1) is 0 Å². The van der Waals surface area contributed by atoms with Crippen molar-refractivity contribution in [1.82, 2.24) is 4.98 Å². The van der Waals surface area contributed by atoms with Crippen LogP contribution in [0.15, 0.2) is 24.3 Å². The maximum Gasteiger partial charge on any atom is 0.342 e. The number of aromatic nitrogens is 1. The number of ether oxygens (including phenoxy) is 3. The normalized spacial score (nSPS) is 10.4. The van der Waals surface area contributed by atoms with Gasteiger partial charge in [0.15, 0.2) is 6.61 Å². The highest BCUT2D eigenvalue weighted by atomic mass is 16.5. The summed E-state index contributed by atoms with van der Waals surface area (Å²) in [5.74, 6) is -1.19. The van der Waals surface area contributed by atoms with Gasteiger partial charge in [-0.1, -0.05) is 12.1 Å². The van der Waals surface area contributed by atoms with E-state index in [4.69, 9.17) is 14.2 Å². The molecule has 0 saturated heterocycles. The summed E-state index contributed by atoms with van der Waals surface area (Å²) in [6.07, 6.45) is 0. The van der Waals surface area contributed by atoms with Gasteiger partial charge in [-0.3, -0.25) is 4.79 Å². The molecule has 144 valence electrons. The Kier molecular flexibility index (Phi) is 6.76. The summed E-state index contributed by atoms with van der Waals surface area (Å²) in [5, 5.41) is 0. The molecule has 0 spiro atoms. The van der Waals surface area contributed by atoms with Gasteiger partial charge < -0.3 is 19.2 Å². The standard InChI is InChI=1S/C20H23NO6/c1-5-25-16-10-8-7-9-14(16)19(23)27-11-15(22)18-12(3)17(13(4)21-18)20(24)26-6-2/h7-10,21H,5-6,11H2,1-4H3. The van der Waals surface area contributed by atoms with Crippen LogP contribution in [0, 0.1) is 13.8 Å². The van der Waals surface area contributed by atoms with Crippen molar-refractivity contribution < 1.29 is 28.6 Å². The van der Waals surface area contributed by atoms with Crippen LogP contribution in [-0.4, -0.2) is 42.5 Å². The average molecular weight is 373 g/mol. The van der Waals surface area contributed by atoms with Gasteiger partial charge in [-0.05, 0) is 45.4 Å². The fourth-order valence-electron chi connectivity index (χ4n) is 2.74. The molecule has 0 bridgehead atoms. The number of aryl methyl sites for hydroxylation is 1. The minimum absolute atomic E-state index is 0.224. The van der Waals surface area contributed by atoms with E-state index in [1.54, 1.807) is 45.0 Å². The molecule has 0 radical (unpaired) electrons. The molecule has 7 heteroatoms. The zero-order chi connectivity index (χ0) is 20.0. The first kappa shape index (κ1) is 20.2. The van der Waals surface area contributed by atoms with Crippen molar-refractivity contribution in [2.45, 2.75) is 27.7 Å². The summed E-state index contributed by atoms with van der Waals surface area (Å²) < 4.78 is 15.5. The molecule has 0 amide bonds. The zero-order valence-electron chi connectivity index (χ0n) is 15.9. The quantitative estimate of drug-likeness (QED) is 0.564. The molecule has 7 nitrogen and oxygen atoms in total. The van der Waals surface area contributed by atoms with Crippen LogP contribution in [0.3, 0.4) is 0 Å². The number of benzene rings is 1. The Labute approximate surface area is 157 Å². The number of aromatic amines is 1. The van der Waals surface area contributed by atoms with Crippen LogP contribution in [0.5, 0.6) is 5.75 Å². The number of H-pyrrole nitrogens is 1. The van der Waals surface area contributed by atoms with Crippen molar-refractivity contribution >= 4 is 17.7 Å². The van der Waals surface area contributed by atoms with Gasteiger partial charge >= 0.3 is 11.9 Å². The molecule has 0 aliphatic rings. The number of ketones is 1. The first-order chi connectivity index (χ1) is 12.9. The molecule has 1 aromatic heterocycles. The second-order valence-electron chi connectivity index (χ2n) is 5.77. The van der Waals surface area contributed by atoms with E-state index >= 15 is 0 Å². The molecule has 2 aromatic rings. The Bertz CT molecular complexity index is 852. The summed E-state index contributed by atoms with van der Waals surface area (Å²) in [5.41, 5.74) is 1.80. The molecule has 0 fully saturated rings. The molecule has 0 unspecified atom stereocenters. The lowest BCUT2D eigenvalue weighted by Gasteiger charge is -2.09. The van der Waals surface area contributed by atoms with E-state index in [9.17, 15) is 14.4 Å². The largest absolute Gasteiger partial charge is 0.493 e. The second kappa shape index (κ2) is 9.02. The molecular formula is C20H23NO6. The fourth-order valence-corrected chi connectivity index (χ4v) is 2.74. The van der Waals surface area contributed by atoms with E-state index in [0.717, 1.165) is 0 Å². The van der Waals surface area contributed by atoms with Gasteiger partial charge in [0.2, 0.25) is 5.78 Å². The van der Waals surface area contributed by atoms with Crippen LogP contribution < -0.4 is 4.74 Å². The summed E-state index contributed by atoms with van der Waals surface area (Å²) in [6, 6.07) is 6.66. The highest BCUT2D eigenvalue weighted by molar-refractivity contribution is 6.03. The Morgan fingerprint density at radius 3 is 2.33 bits per heavy atom. The Morgan fingerprint density at radius 2 is 1.67 bits per heavy atom. The van der Waals surface area contributed by atoms with Gasteiger partial charge in [-0.25, -0.2) is 9.59 Å². The second-order valence-corrected chi connectivity index (χ2v) is 5.77. The third-order valence-electron chi connectivity index (χ3n) is 3.94. The highest BCUT2D eigenvalue weighted by Gasteiger charge is 2.24. The molecule has 27 heavy (non-hydrogen) atoms. The van der Waals surface area contributed by atoms with Gasteiger partial charge in [0.1, 0.15) is 11.3 Å². The summed E-state index contributed by atoms with van der Waals surface area (Å²) >= 11 is 0. The minimum Gasteiger partial charge on any atom is -0.493 e. The number of hydrogen-bond acceptors (Lipinski definition) is 6. The molecule has 0 saturated carbocycles. The van der Waals surface area contributed by atoms with E-state index in [1.807, 2.05) is 6.92 Å². The first-order valence-electron chi connectivity index (χ1n) is 8.69. The number of nitrogens with one attached hydrogen (secondary N) is 1. The molecule has 1 heterocycles. The van der Waals surface area contributed by atoms with Crippen molar-refractivity contribution in [3.05, 3.63) is 52.3 Å². The fraction of sp³-hybridized carbons (Fsp3) is 0.350. The molecule has 0 aliphatic heterocycles. The van der Waals surface area contributed by atoms with Gasteiger partial charge in [0.25, 0.3) is 0 Å². The van der Waals surface area contributed by atoms with Crippen LogP contribution in [0.4, 0.5) is 0 Å². The van der Waals surface area contributed by atoms with E-state index in [-0.39, 0.29) is 17.9 Å². The van der Waals surface area contributed by atoms with Crippen molar-refractivity contribution in [2.75, 3.05) is 19.8 Å². The lowest BCUT2D eigenvalue weighted by molar-refractivity contribution is 0.0468. The number of carbonyl (C=O) groups is 3. The average Bonchev–Trinajstić information content (AvgIpc) is 2.94. The van der Waals surface area contributed by atoms with Crippen LogP contribution in [0.1, 0.15) is 56.3 Å². The Morgan fingerprint density at radius 1 is 0.963 bits per heavy atom. The van der Waals surface area contributed by atoms with Crippen molar-refractivity contribution in [2.24, 2.45) is 0 Å². The predicted molar refractivity (Wildman–Crippen MR) is 98.4 cm³/mol. The Balaban J connectivity index is 2.12. The van der Waals surface area contributed by atoms with E-state index in [2.05, 4.69) is 4.98 Å². The van der Waals surface area contributed by atoms with E-state index < -0.39 is 24.3 Å². The van der Waals surface area contributed by atoms with Crippen LogP contribution in [0.2, 0.25) is 0 Å².